The van der Waals surface area contributed by atoms with Gasteiger partial charge in [-0.1, -0.05) is 48.9 Å². The van der Waals surface area contributed by atoms with Crippen molar-refractivity contribution in [2.24, 2.45) is 0 Å². The minimum atomic E-state index is -0.163. The Morgan fingerprint density at radius 2 is 1.56 bits per heavy atom. The van der Waals surface area contributed by atoms with Gasteiger partial charge in [-0.15, -0.1) is 0 Å². The van der Waals surface area contributed by atoms with Gasteiger partial charge in [0.25, 0.3) is 0 Å². The predicted octanol–water partition coefficient (Wildman–Crippen LogP) is 4.87. The maximum Gasteiger partial charge on any atom is 0.123 e. The van der Waals surface area contributed by atoms with Crippen LogP contribution in [0.2, 0.25) is 0 Å². The molecule has 2 aromatic carbocycles. The van der Waals surface area contributed by atoms with Gasteiger partial charge in [-0.05, 0) is 48.9 Å². The molecule has 0 amide bonds. The standard InChI is InChI=1S/C17H19F/c1-3-15(16-8-10-17(18)11-9-16)12-14-6-4-13(2)5-7-14/h4-11,15H,3,12H2,1-2H3/t15-/m1/s1. The lowest BCUT2D eigenvalue weighted by Crippen LogP contribution is -2.02. The first kappa shape index (κ1) is 12.8. The van der Waals surface area contributed by atoms with Crippen LogP contribution in [0.1, 0.15) is 36.0 Å². The molecule has 2 rings (SSSR count). The van der Waals surface area contributed by atoms with E-state index in [4.69, 9.17) is 0 Å². The molecule has 0 spiro atoms. The van der Waals surface area contributed by atoms with E-state index in [1.165, 1.54) is 16.7 Å². The molecule has 1 heteroatoms. The lowest BCUT2D eigenvalue weighted by Gasteiger charge is -2.15. The summed E-state index contributed by atoms with van der Waals surface area (Å²) >= 11 is 0. The summed E-state index contributed by atoms with van der Waals surface area (Å²) in [6.45, 7) is 4.28. The molecular weight excluding hydrogens is 223 g/mol. The molecule has 0 radical (unpaired) electrons. The Kier molecular flexibility index (Phi) is 4.14. The number of aryl methyl sites for hydroxylation is 1. The van der Waals surface area contributed by atoms with E-state index >= 15 is 0 Å². The monoisotopic (exact) mass is 242 g/mol. The van der Waals surface area contributed by atoms with Gasteiger partial charge in [0, 0.05) is 0 Å². The molecule has 0 saturated carbocycles. The Morgan fingerprint density at radius 1 is 0.944 bits per heavy atom. The highest BCUT2D eigenvalue weighted by Gasteiger charge is 2.10. The van der Waals surface area contributed by atoms with Gasteiger partial charge >= 0.3 is 0 Å². The molecule has 2 aromatic rings. The molecule has 0 fully saturated rings. The van der Waals surface area contributed by atoms with E-state index in [9.17, 15) is 4.39 Å². The van der Waals surface area contributed by atoms with Crippen LogP contribution in [0.5, 0.6) is 0 Å². The van der Waals surface area contributed by atoms with Crippen molar-refractivity contribution >= 4 is 0 Å². The minimum Gasteiger partial charge on any atom is -0.207 e. The van der Waals surface area contributed by atoms with Gasteiger partial charge in [0.1, 0.15) is 5.82 Å². The fraction of sp³-hybridized carbons (Fsp3) is 0.294. The molecule has 0 aliphatic rings. The van der Waals surface area contributed by atoms with Gasteiger partial charge < -0.3 is 0 Å². The normalized spacial score (nSPS) is 12.4. The van der Waals surface area contributed by atoms with Crippen molar-refractivity contribution in [1.29, 1.82) is 0 Å². The molecular formula is C17H19F. The van der Waals surface area contributed by atoms with E-state index in [-0.39, 0.29) is 5.82 Å². The van der Waals surface area contributed by atoms with E-state index in [1.807, 2.05) is 12.1 Å². The van der Waals surface area contributed by atoms with Crippen LogP contribution in [-0.4, -0.2) is 0 Å². The molecule has 0 aliphatic heterocycles. The molecule has 0 aliphatic carbocycles. The van der Waals surface area contributed by atoms with E-state index in [1.54, 1.807) is 12.1 Å². The third-order valence-electron chi connectivity index (χ3n) is 3.44. The Morgan fingerprint density at radius 3 is 2.11 bits per heavy atom. The molecule has 0 bridgehead atoms. The Labute approximate surface area is 108 Å². The highest BCUT2D eigenvalue weighted by atomic mass is 19.1. The topological polar surface area (TPSA) is 0 Å². The van der Waals surface area contributed by atoms with Crippen LogP contribution in [0.15, 0.2) is 48.5 Å². The largest absolute Gasteiger partial charge is 0.207 e. The number of rotatable bonds is 4. The zero-order chi connectivity index (χ0) is 13.0. The highest BCUT2D eigenvalue weighted by molar-refractivity contribution is 5.26. The van der Waals surface area contributed by atoms with Crippen LogP contribution in [0, 0.1) is 12.7 Å². The van der Waals surface area contributed by atoms with Crippen molar-refractivity contribution in [3.8, 4) is 0 Å². The summed E-state index contributed by atoms with van der Waals surface area (Å²) in [7, 11) is 0. The Bertz CT molecular complexity index is 482. The number of benzene rings is 2. The van der Waals surface area contributed by atoms with Gasteiger partial charge in [0.2, 0.25) is 0 Å². The zero-order valence-electron chi connectivity index (χ0n) is 11.0. The van der Waals surface area contributed by atoms with Crippen molar-refractivity contribution in [2.75, 3.05) is 0 Å². The maximum absolute atomic E-state index is 12.9. The molecule has 0 unspecified atom stereocenters. The second kappa shape index (κ2) is 5.81. The van der Waals surface area contributed by atoms with Crippen LogP contribution >= 0.6 is 0 Å². The average molecular weight is 242 g/mol. The Hall–Kier alpha value is -1.63. The smallest absolute Gasteiger partial charge is 0.123 e. The summed E-state index contributed by atoms with van der Waals surface area (Å²) in [5, 5.41) is 0. The van der Waals surface area contributed by atoms with Gasteiger partial charge in [0.05, 0.1) is 0 Å². The van der Waals surface area contributed by atoms with E-state index in [2.05, 4.69) is 38.1 Å². The second-order valence-corrected chi connectivity index (χ2v) is 4.85. The first-order valence-electron chi connectivity index (χ1n) is 6.50. The lowest BCUT2D eigenvalue weighted by atomic mass is 9.90. The molecule has 0 aromatic heterocycles. The molecule has 0 N–H and O–H groups in total. The van der Waals surface area contributed by atoms with Gasteiger partial charge in [0.15, 0.2) is 0 Å². The van der Waals surface area contributed by atoms with Crippen molar-refractivity contribution in [1.82, 2.24) is 0 Å². The number of halogens is 1. The second-order valence-electron chi connectivity index (χ2n) is 4.85. The molecule has 0 heterocycles. The quantitative estimate of drug-likeness (QED) is 0.717. The average Bonchev–Trinajstić information content (AvgIpc) is 2.39. The van der Waals surface area contributed by atoms with E-state index in [0.29, 0.717) is 5.92 Å². The van der Waals surface area contributed by atoms with Crippen LogP contribution < -0.4 is 0 Å². The molecule has 0 saturated heterocycles. The molecule has 18 heavy (non-hydrogen) atoms. The van der Waals surface area contributed by atoms with Crippen LogP contribution in [-0.2, 0) is 6.42 Å². The summed E-state index contributed by atoms with van der Waals surface area (Å²) < 4.78 is 12.9. The van der Waals surface area contributed by atoms with Gasteiger partial charge in [-0.2, -0.15) is 0 Å². The SMILES string of the molecule is CC[C@H](Cc1ccc(C)cc1)c1ccc(F)cc1. The number of hydrogen-bond donors (Lipinski definition) is 0. The number of hydrogen-bond acceptors (Lipinski definition) is 0. The van der Waals surface area contributed by atoms with Crippen LogP contribution in [0.3, 0.4) is 0 Å². The van der Waals surface area contributed by atoms with Gasteiger partial charge in [-0.25, -0.2) is 4.39 Å². The molecule has 1 atom stereocenters. The maximum atomic E-state index is 12.9. The van der Waals surface area contributed by atoms with Crippen LogP contribution in [0.25, 0.3) is 0 Å². The molecule has 94 valence electrons. The Balaban J connectivity index is 2.14. The van der Waals surface area contributed by atoms with Crippen molar-refractivity contribution in [3.63, 3.8) is 0 Å². The van der Waals surface area contributed by atoms with Crippen LogP contribution in [0.4, 0.5) is 4.39 Å². The third kappa shape index (κ3) is 3.19. The minimum absolute atomic E-state index is 0.163. The first-order chi connectivity index (χ1) is 8.69. The summed E-state index contributed by atoms with van der Waals surface area (Å²) in [5.41, 5.74) is 3.85. The summed E-state index contributed by atoms with van der Waals surface area (Å²) in [6.07, 6.45) is 2.09. The van der Waals surface area contributed by atoms with Crippen molar-refractivity contribution in [3.05, 3.63) is 71.0 Å². The first-order valence-corrected chi connectivity index (χ1v) is 6.50. The highest BCUT2D eigenvalue weighted by Crippen LogP contribution is 2.24. The fourth-order valence-corrected chi connectivity index (χ4v) is 2.24. The summed E-state index contributed by atoms with van der Waals surface area (Å²) in [4.78, 5) is 0. The summed E-state index contributed by atoms with van der Waals surface area (Å²) in [6, 6.07) is 15.6. The summed E-state index contributed by atoms with van der Waals surface area (Å²) in [5.74, 6) is 0.303. The third-order valence-corrected chi connectivity index (χ3v) is 3.44. The van der Waals surface area contributed by atoms with E-state index < -0.39 is 0 Å². The van der Waals surface area contributed by atoms with Crippen molar-refractivity contribution in [2.45, 2.75) is 32.6 Å². The van der Waals surface area contributed by atoms with Gasteiger partial charge in [-0.3, -0.25) is 0 Å². The fourth-order valence-electron chi connectivity index (χ4n) is 2.24. The zero-order valence-corrected chi connectivity index (χ0v) is 11.0. The predicted molar refractivity (Wildman–Crippen MR) is 74.3 cm³/mol. The molecule has 0 nitrogen and oxygen atoms in total. The van der Waals surface area contributed by atoms with Crippen molar-refractivity contribution < 1.29 is 4.39 Å². The lowest BCUT2D eigenvalue weighted by molar-refractivity contribution is 0.620. The van der Waals surface area contributed by atoms with E-state index in [0.717, 1.165) is 12.8 Å².